The molecule has 0 radical (unpaired) electrons. The van der Waals surface area contributed by atoms with Gasteiger partial charge in [-0.05, 0) is 17.7 Å². The molecule has 1 aromatic carbocycles. The first-order valence-electron chi connectivity index (χ1n) is 6.70. The molecule has 5 heteroatoms. The first-order valence-corrected chi connectivity index (χ1v) is 7.08. The predicted molar refractivity (Wildman–Crippen MR) is 83.5 cm³/mol. The molecule has 0 aliphatic heterocycles. The summed E-state index contributed by atoms with van der Waals surface area (Å²) in [6.07, 6.45) is 1.62. The topological polar surface area (TPSA) is 53.4 Å². The van der Waals surface area contributed by atoms with E-state index in [-0.39, 0.29) is 0 Å². The second kappa shape index (κ2) is 7.09. The van der Waals surface area contributed by atoms with E-state index < -0.39 is 11.9 Å². The fourth-order valence-electron chi connectivity index (χ4n) is 2.07. The van der Waals surface area contributed by atoms with E-state index in [0.717, 1.165) is 11.3 Å². The number of pyridine rings is 1. The van der Waals surface area contributed by atoms with Gasteiger partial charge in [-0.2, -0.15) is 0 Å². The van der Waals surface area contributed by atoms with Gasteiger partial charge in [0.2, 0.25) is 0 Å². The van der Waals surface area contributed by atoms with Gasteiger partial charge in [0.1, 0.15) is 0 Å². The van der Waals surface area contributed by atoms with Gasteiger partial charge in [-0.1, -0.05) is 48.9 Å². The molecule has 1 atom stereocenters. The number of aromatic nitrogens is 1. The maximum absolute atomic E-state index is 11.1. The summed E-state index contributed by atoms with van der Waals surface area (Å²) in [5.74, 6) is -1.32. The first kappa shape index (κ1) is 15.3. The lowest BCUT2D eigenvalue weighted by molar-refractivity contribution is -0.140. The van der Waals surface area contributed by atoms with Crippen molar-refractivity contribution in [2.75, 3.05) is 11.4 Å². The number of carboxylic acids is 1. The highest BCUT2D eigenvalue weighted by Crippen LogP contribution is 2.25. The Hall–Kier alpha value is -2.07. The smallest absolute Gasteiger partial charge is 0.308 e. The third kappa shape index (κ3) is 4.20. The van der Waals surface area contributed by atoms with Crippen molar-refractivity contribution in [1.29, 1.82) is 0 Å². The van der Waals surface area contributed by atoms with Crippen LogP contribution < -0.4 is 4.90 Å². The summed E-state index contributed by atoms with van der Waals surface area (Å²) in [6, 6.07) is 13.5. The third-order valence-electron chi connectivity index (χ3n) is 3.21. The average Bonchev–Trinajstić information content (AvgIpc) is 2.48. The number of hydrogen-bond donors (Lipinski definition) is 1. The van der Waals surface area contributed by atoms with Crippen LogP contribution in [0.3, 0.4) is 0 Å². The number of anilines is 1. The summed E-state index contributed by atoms with van der Waals surface area (Å²) in [7, 11) is 0. The molecule has 0 aliphatic carbocycles. The van der Waals surface area contributed by atoms with Crippen molar-refractivity contribution in [3.8, 4) is 0 Å². The van der Waals surface area contributed by atoms with Gasteiger partial charge in [0.25, 0.3) is 0 Å². The highest BCUT2D eigenvalue weighted by molar-refractivity contribution is 6.32. The lowest BCUT2D eigenvalue weighted by Gasteiger charge is -2.27. The number of aliphatic carboxylic acids is 1. The van der Waals surface area contributed by atoms with Crippen molar-refractivity contribution in [2.24, 2.45) is 5.92 Å². The van der Waals surface area contributed by atoms with Gasteiger partial charge < -0.3 is 10.0 Å². The molecule has 1 aromatic heterocycles. The second-order valence-corrected chi connectivity index (χ2v) is 5.28. The van der Waals surface area contributed by atoms with Crippen LogP contribution >= 0.6 is 11.6 Å². The number of carboxylic acid groups (broad SMARTS) is 1. The Morgan fingerprint density at radius 2 is 2.00 bits per heavy atom. The molecule has 2 rings (SSSR count). The summed E-state index contributed by atoms with van der Waals surface area (Å²) in [5, 5.41) is 9.52. The van der Waals surface area contributed by atoms with Gasteiger partial charge in [0.05, 0.1) is 11.6 Å². The van der Waals surface area contributed by atoms with Crippen molar-refractivity contribution < 1.29 is 9.90 Å². The third-order valence-corrected chi connectivity index (χ3v) is 3.50. The van der Waals surface area contributed by atoms with E-state index in [1.165, 1.54) is 0 Å². The minimum atomic E-state index is -0.826. The van der Waals surface area contributed by atoms with E-state index in [0.29, 0.717) is 18.2 Å². The Balaban J connectivity index is 2.26. The van der Waals surface area contributed by atoms with Crippen LogP contribution in [0.15, 0.2) is 48.7 Å². The molecule has 0 saturated heterocycles. The molecular formula is C16H17ClN2O2. The number of rotatable bonds is 6. The number of hydrogen-bond acceptors (Lipinski definition) is 3. The predicted octanol–water partition coefficient (Wildman–Crippen LogP) is 3.46. The molecule has 21 heavy (non-hydrogen) atoms. The van der Waals surface area contributed by atoms with Crippen LogP contribution in [0.2, 0.25) is 5.15 Å². The quantitative estimate of drug-likeness (QED) is 0.830. The minimum Gasteiger partial charge on any atom is -0.481 e. The van der Waals surface area contributed by atoms with Crippen molar-refractivity contribution in [3.63, 3.8) is 0 Å². The Labute approximate surface area is 129 Å². The molecule has 2 aromatic rings. The van der Waals surface area contributed by atoms with E-state index in [1.54, 1.807) is 19.2 Å². The highest BCUT2D eigenvalue weighted by atomic mass is 35.5. The van der Waals surface area contributed by atoms with Crippen LogP contribution in [-0.4, -0.2) is 22.6 Å². The molecule has 4 nitrogen and oxygen atoms in total. The molecule has 1 heterocycles. The maximum Gasteiger partial charge on any atom is 0.308 e. The lowest BCUT2D eigenvalue weighted by Crippen LogP contribution is -2.31. The Kier molecular flexibility index (Phi) is 5.17. The van der Waals surface area contributed by atoms with Gasteiger partial charge in [0.15, 0.2) is 5.15 Å². The number of benzene rings is 1. The fourth-order valence-corrected chi connectivity index (χ4v) is 2.31. The van der Waals surface area contributed by atoms with Gasteiger partial charge in [-0.3, -0.25) is 4.79 Å². The van der Waals surface area contributed by atoms with Crippen LogP contribution in [0.25, 0.3) is 0 Å². The highest BCUT2D eigenvalue weighted by Gasteiger charge is 2.19. The zero-order chi connectivity index (χ0) is 15.2. The van der Waals surface area contributed by atoms with Gasteiger partial charge in [-0.25, -0.2) is 4.98 Å². The molecule has 0 saturated carbocycles. The summed E-state index contributed by atoms with van der Waals surface area (Å²) in [4.78, 5) is 17.1. The van der Waals surface area contributed by atoms with Gasteiger partial charge in [-0.15, -0.1) is 0 Å². The largest absolute Gasteiger partial charge is 0.481 e. The standard InChI is InChI=1S/C16H17ClN2O2/c1-12(16(20)21)10-19(11-13-6-3-2-4-7-13)14-8-5-9-18-15(14)17/h2-9,12H,10-11H2,1H3,(H,20,21). The molecule has 0 amide bonds. The van der Waals surface area contributed by atoms with E-state index >= 15 is 0 Å². The molecule has 1 N–H and O–H groups in total. The molecule has 1 unspecified atom stereocenters. The number of halogens is 1. The Morgan fingerprint density at radius 1 is 1.29 bits per heavy atom. The maximum atomic E-state index is 11.1. The first-order chi connectivity index (χ1) is 10.1. The van der Waals surface area contributed by atoms with Crippen molar-refractivity contribution in [2.45, 2.75) is 13.5 Å². The van der Waals surface area contributed by atoms with Crippen LogP contribution in [0.1, 0.15) is 12.5 Å². The van der Waals surface area contributed by atoms with Crippen LogP contribution in [0.5, 0.6) is 0 Å². The molecule has 0 fully saturated rings. The van der Waals surface area contributed by atoms with E-state index in [2.05, 4.69) is 4.98 Å². The summed E-state index contributed by atoms with van der Waals surface area (Å²) < 4.78 is 0. The van der Waals surface area contributed by atoms with Crippen molar-refractivity contribution in [3.05, 3.63) is 59.4 Å². The SMILES string of the molecule is CC(CN(Cc1ccccc1)c1cccnc1Cl)C(=O)O. The zero-order valence-corrected chi connectivity index (χ0v) is 12.5. The number of carbonyl (C=O) groups is 1. The zero-order valence-electron chi connectivity index (χ0n) is 11.7. The average molecular weight is 305 g/mol. The minimum absolute atomic E-state index is 0.371. The van der Waals surface area contributed by atoms with E-state index in [4.69, 9.17) is 16.7 Å². The molecule has 0 spiro atoms. The van der Waals surface area contributed by atoms with Gasteiger partial charge in [0, 0.05) is 19.3 Å². The Bertz CT molecular complexity index is 604. The van der Waals surface area contributed by atoms with Crippen LogP contribution in [0, 0.1) is 5.92 Å². The fraction of sp³-hybridized carbons (Fsp3) is 0.250. The summed E-state index contributed by atoms with van der Waals surface area (Å²) >= 11 is 6.15. The van der Waals surface area contributed by atoms with E-state index in [9.17, 15) is 4.79 Å². The van der Waals surface area contributed by atoms with Crippen molar-refractivity contribution in [1.82, 2.24) is 4.98 Å². The number of nitrogens with zero attached hydrogens (tertiary/aromatic N) is 2. The molecule has 110 valence electrons. The molecule has 0 aliphatic rings. The summed E-state index contributed by atoms with van der Waals surface area (Å²) in [5.41, 5.74) is 1.84. The lowest BCUT2D eigenvalue weighted by atomic mass is 10.1. The Morgan fingerprint density at radius 3 is 2.62 bits per heavy atom. The molecule has 0 bridgehead atoms. The molecular weight excluding hydrogens is 288 g/mol. The van der Waals surface area contributed by atoms with Gasteiger partial charge >= 0.3 is 5.97 Å². The van der Waals surface area contributed by atoms with Crippen LogP contribution in [-0.2, 0) is 11.3 Å². The summed E-state index contributed by atoms with van der Waals surface area (Å²) in [6.45, 7) is 2.64. The van der Waals surface area contributed by atoms with Crippen molar-refractivity contribution >= 4 is 23.3 Å². The normalized spacial score (nSPS) is 11.9. The second-order valence-electron chi connectivity index (χ2n) is 4.92. The monoisotopic (exact) mass is 304 g/mol. The van der Waals surface area contributed by atoms with Crippen LogP contribution in [0.4, 0.5) is 5.69 Å². The van der Waals surface area contributed by atoms with E-state index in [1.807, 2.05) is 41.3 Å².